The number of hydrogen-bond acceptors (Lipinski definition) is 3. The van der Waals surface area contributed by atoms with Crippen LogP contribution in [0.5, 0.6) is 0 Å². The SMILES string of the molecule is Cc1nn(CC(=O)O)c2ncccc12.Cl. The van der Waals surface area contributed by atoms with Crippen molar-refractivity contribution in [2.75, 3.05) is 0 Å². The maximum atomic E-state index is 10.5. The second-order valence-electron chi connectivity index (χ2n) is 3.01. The molecule has 0 amide bonds. The molecule has 0 saturated heterocycles. The Hall–Kier alpha value is -1.62. The number of fused-ring (bicyclic) bond motifs is 1. The van der Waals surface area contributed by atoms with Crippen LogP contribution in [0.25, 0.3) is 11.0 Å². The van der Waals surface area contributed by atoms with Crippen molar-refractivity contribution >= 4 is 29.4 Å². The number of hydrogen-bond donors (Lipinski definition) is 1. The first-order valence-electron chi connectivity index (χ1n) is 4.18. The molecule has 2 heterocycles. The molecular formula is C9H10ClN3O2. The van der Waals surface area contributed by atoms with Crippen LogP contribution in [0.3, 0.4) is 0 Å². The third kappa shape index (κ3) is 2.07. The molecule has 0 spiro atoms. The molecule has 0 radical (unpaired) electrons. The monoisotopic (exact) mass is 227 g/mol. The first kappa shape index (κ1) is 11.5. The van der Waals surface area contributed by atoms with E-state index in [4.69, 9.17) is 5.11 Å². The van der Waals surface area contributed by atoms with Crippen LogP contribution < -0.4 is 0 Å². The first-order chi connectivity index (χ1) is 6.68. The fourth-order valence-electron chi connectivity index (χ4n) is 1.41. The van der Waals surface area contributed by atoms with E-state index in [1.807, 2.05) is 19.1 Å². The molecule has 0 aliphatic carbocycles. The fourth-order valence-corrected chi connectivity index (χ4v) is 1.41. The zero-order valence-corrected chi connectivity index (χ0v) is 8.86. The molecule has 0 atom stereocenters. The highest BCUT2D eigenvalue weighted by molar-refractivity contribution is 5.85. The van der Waals surface area contributed by atoms with E-state index in [9.17, 15) is 4.79 Å². The maximum absolute atomic E-state index is 10.5. The van der Waals surface area contributed by atoms with Crippen LogP contribution in [0.1, 0.15) is 5.69 Å². The van der Waals surface area contributed by atoms with Crippen LogP contribution in [0.2, 0.25) is 0 Å². The second kappa shape index (κ2) is 4.27. The van der Waals surface area contributed by atoms with Gasteiger partial charge in [-0.25, -0.2) is 9.67 Å². The van der Waals surface area contributed by atoms with Crippen LogP contribution in [0.4, 0.5) is 0 Å². The smallest absolute Gasteiger partial charge is 0.325 e. The normalized spacial score (nSPS) is 9.93. The van der Waals surface area contributed by atoms with Gasteiger partial charge >= 0.3 is 5.97 Å². The Morgan fingerprint density at radius 1 is 1.60 bits per heavy atom. The van der Waals surface area contributed by atoms with Gasteiger partial charge in [-0.2, -0.15) is 5.10 Å². The third-order valence-corrected chi connectivity index (χ3v) is 1.98. The number of aliphatic carboxylic acids is 1. The Bertz CT molecular complexity index is 495. The summed E-state index contributed by atoms with van der Waals surface area (Å²) in [7, 11) is 0. The van der Waals surface area contributed by atoms with Gasteiger partial charge in [-0.1, -0.05) is 0 Å². The van der Waals surface area contributed by atoms with Crippen molar-refractivity contribution in [1.29, 1.82) is 0 Å². The minimum atomic E-state index is -0.917. The van der Waals surface area contributed by atoms with Crippen molar-refractivity contribution in [3.05, 3.63) is 24.0 Å². The molecule has 0 aromatic carbocycles. The number of nitrogens with zero attached hydrogens (tertiary/aromatic N) is 3. The lowest BCUT2D eigenvalue weighted by molar-refractivity contribution is -0.137. The highest BCUT2D eigenvalue weighted by Crippen LogP contribution is 2.14. The van der Waals surface area contributed by atoms with Crippen molar-refractivity contribution < 1.29 is 9.90 Å². The highest BCUT2D eigenvalue weighted by Gasteiger charge is 2.09. The lowest BCUT2D eigenvalue weighted by Crippen LogP contribution is -2.10. The average Bonchev–Trinajstić information content (AvgIpc) is 2.44. The molecule has 6 heteroatoms. The molecule has 2 aromatic heterocycles. The number of halogens is 1. The fraction of sp³-hybridized carbons (Fsp3) is 0.222. The zero-order valence-electron chi connectivity index (χ0n) is 8.04. The van der Waals surface area contributed by atoms with Gasteiger partial charge in [0.2, 0.25) is 0 Å². The van der Waals surface area contributed by atoms with E-state index >= 15 is 0 Å². The Morgan fingerprint density at radius 2 is 2.33 bits per heavy atom. The Morgan fingerprint density at radius 3 is 3.00 bits per heavy atom. The molecule has 0 bridgehead atoms. The molecule has 1 N–H and O–H groups in total. The summed E-state index contributed by atoms with van der Waals surface area (Å²) in [5, 5.41) is 13.6. The summed E-state index contributed by atoms with van der Waals surface area (Å²) in [5.74, 6) is -0.917. The van der Waals surface area contributed by atoms with E-state index in [-0.39, 0.29) is 19.0 Å². The first-order valence-corrected chi connectivity index (χ1v) is 4.18. The number of aromatic nitrogens is 3. The van der Waals surface area contributed by atoms with E-state index in [0.29, 0.717) is 5.65 Å². The molecule has 0 aliphatic heterocycles. The lowest BCUT2D eigenvalue weighted by atomic mass is 10.3. The molecule has 2 rings (SSSR count). The van der Waals surface area contributed by atoms with Gasteiger partial charge in [0.25, 0.3) is 0 Å². The number of carbonyl (C=O) groups is 1. The molecule has 5 nitrogen and oxygen atoms in total. The van der Waals surface area contributed by atoms with Crippen LogP contribution in [0.15, 0.2) is 18.3 Å². The summed E-state index contributed by atoms with van der Waals surface area (Å²) in [5.41, 5.74) is 1.42. The summed E-state index contributed by atoms with van der Waals surface area (Å²) < 4.78 is 1.40. The summed E-state index contributed by atoms with van der Waals surface area (Å²) >= 11 is 0. The molecule has 80 valence electrons. The van der Waals surface area contributed by atoms with E-state index in [2.05, 4.69) is 10.1 Å². The quantitative estimate of drug-likeness (QED) is 0.838. The van der Waals surface area contributed by atoms with Crippen LogP contribution in [-0.4, -0.2) is 25.8 Å². The zero-order chi connectivity index (χ0) is 10.1. The Balaban J connectivity index is 0.00000112. The number of carboxylic acids is 1. The predicted octanol–water partition coefficient (Wildman–Crippen LogP) is 1.25. The van der Waals surface area contributed by atoms with Gasteiger partial charge in [0.05, 0.1) is 5.69 Å². The Labute approximate surface area is 92.1 Å². The number of pyridine rings is 1. The average molecular weight is 228 g/mol. The minimum absolute atomic E-state index is 0. The molecule has 15 heavy (non-hydrogen) atoms. The van der Waals surface area contributed by atoms with Crippen LogP contribution >= 0.6 is 12.4 Å². The number of carboxylic acid groups (broad SMARTS) is 1. The molecule has 0 unspecified atom stereocenters. The number of aryl methyl sites for hydroxylation is 1. The molecule has 0 aliphatic rings. The second-order valence-corrected chi connectivity index (χ2v) is 3.01. The summed E-state index contributed by atoms with van der Waals surface area (Å²) in [6, 6.07) is 3.69. The molecule has 2 aromatic rings. The van der Waals surface area contributed by atoms with Crippen LogP contribution in [0, 0.1) is 6.92 Å². The minimum Gasteiger partial charge on any atom is -0.480 e. The van der Waals surface area contributed by atoms with Crippen molar-refractivity contribution in [3.8, 4) is 0 Å². The molecule has 0 saturated carbocycles. The number of rotatable bonds is 2. The van der Waals surface area contributed by atoms with Gasteiger partial charge in [-0.05, 0) is 19.1 Å². The maximum Gasteiger partial charge on any atom is 0.325 e. The van der Waals surface area contributed by atoms with Gasteiger partial charge in [0, 0.05) is 11.6 Å². The standard InChI is InChI=1S/C9H9N3O2.ClH/c1-6-7-3-2-4-10-9(7)12(11-6)5-8(13)14;/h2-4H,5H2,1H3,(H,13,14);1H. The van der Waals surface area contributed by atoms with E-state index < -0.39 is 5.97 Å². The van der Waals surface area contributed by atoms with E-state index in [1.54, 1.807) is 6.20 Å². The summed E-state index contributed by atoms with van der Waals surface area (Å²) in [4.78, 5) is 14.6. The Kier molecular flexibility index (Phi) is 3.26. The van der Waals surface area contributed by atoms with E-state index in [0.717, 1.165) is 11.1 Å². The third-order valence-electron chi connectivity index (χ3n) is 1.98. The summed E-state index contributed by atoms with van der Waals surface area (Å²) in [6.45, 7) is 1.68. The van der Waals surface area contributed by atoms with Gasteiger partial charge in [0.1, 0.15) is 6.54 Å². The topological polar surface area (TPSA) is 68.0 Å². The predicted molar refractivity (Wildman–Crippen MR) is 57.1 cm³/mol. The largest absolute Gasteiger partial charge is 0.480 e. The van der Waals surface area contributed by atoms with E-state index in [1.165, 1.54) is 4.68 Å². The molecule has 0 fully saturated rings. The van der Waals surface area contributed by atoms with Gasteiger partial charge in [-0.3, -0.25) is 4.79 Å². The van der Waals surface area contributed by atoms with Gasteiger partial charge < -0.3 is 5.11 Å². The van der Waals surface area contributed by atoms with Crippen LogP contribution in [-0.2, 0) is 11.3 Å². The van der Waals surface area contributed by atoms with Crippen molar-refractivity contribution in [2.24, 2.45) is 0 Å². The van der Waals surface area contributed by atoms with Gasteiger partial charge in [-0.15, -0.1) is 12.4 Å². The van der Waals surface area contributed by atoms with Gasteiger partial charge in [0.15, 0.2) is 5.65 Å². The highest BCUT2D eigenvalue weighted by atomic mass is 35.5. The van der Waals surface area contributed by atoms with Crippen molar-refractivity contribution in [2.45, 2.75) is 13.5 Å². The van der Waals surface area contributed by atoms with Crippen molar-refractivity contribution in [1.82, 2.24) is 14.8 Å². The lowest BCUT2D eigenvalue weighted by Gasteiger charge is -1.96. The summed E-state index contributed by atoms with van der Waals surface area (Å²) in [6.07, 6.45) is 1.63. The molecular weight excluding hydrogens is 218 g/mol. The van der Waals surface area contributed by atoms with Crippen molar-refractivity contribution in [3.63, 3.8) is 0 Å².